The Labute approximate surface area is 159 Å². The normalized spacial score (nSPS) is 21.5. The summed E-state index contributed by atoms with van der Waals surface area (Å²) in [6.07, 6.45) is 3.59. The van der Waals surface area contributed by atoms with Crippen molar-refractivity contribution < 1.29 is 23.2 Å². The molecule has 2 unspecified atom stereocenters. The summed E-state index contributed by atoms with van der Waals surface area (Å²) in [6, 6.07) is 8.72. The number of nitrogens with one attached hydrogen (secondary N) is 2. The van der Waals surface area contributed by atoms with Crippen molar-refractivity contribution in [3.8, 4) is 0 Å². The van der Waals surface area contributed by atoms with Gasteiger partial charge in [0.05, 0.1) is 18.6 Å². The molecule has 2 aliphatic heterocycles. The molecule has 0 aliphatic carbocycles. The maximum absolute atomic E-state index is 12.5. The monoisotopic (exact) mass is 392 g/mol. The third-order valence-electron chi connectivity index (χ3n) is 4.34. The molecule has 2 heterocycles. The predicted octanol–water partition coefficient (Wildman–Crippen LogP) is 2.48. The van der Waals surface area contributed by atoms with E-state index in [9.17, 15) is 18.0 Å². The summed E-state index contributed by atoms with van der Waals surface area (Å²) >= 11 is 0. The van der Waals surface area contributed by atoms with Crippen molar-refractivity contribution in [3.05, 3.63) is 72.0 Å². The number of hydroxylamine groups is 1. The summed E-state index contributed by atoms with van der Waals surface area (Å²) in [4.78, 5) is 17.6. The van der Waals surface area contributed by atoms with Crippen molar-refractivity contribution in [2.45, 2.75) is 18.3 Å². The fraction of sp³-hybridized carbons (Fsp3) is 0.263. The zero-order valence-corrected chi connectivity index (χ0v) is 14.7. The number of rotatable bonds is 6. The van der Waals surface area contributed by atoms with E-state index in [1.807, 2.05) is 35.2 Å². The van der Waals surface area contributed by atoms with E-state index < -0.39 is 18.6 Å². The minimum Gasteiger partial charge on any atom is -0.326 e. The number of amides is 1. The minimum atomic E-state index is -4.28. The molecule has 0 radical (unpaired) electrons. The standard InChI is InChI=1S/C19H19F3N4O2/c20-19(21,22)12-23-11-15-18(14-4-2-1-3-5-14)24-16-10-13(8-9-26(15)16)6-7-17(27)25-28/h1-10,15,18,23,28H,11-12H2,(H,25,27)/b7-6+. The molecule has 3 rings (SSSR count). The van der Waals surface area contributed by atoms with E-state index in [2.05, 4.69) is 10.3 Å². The van der Waals surface area contributed by atoms with E-state index in [-0.39, 0.29) is 18.6 Å². The van der Waals surface area contributed by atoms with Gasteiger partial charge < -0.3 is 10.2 Å². The van der Waals surface area contributed by atoms with E-state index in [4.69, 9.17) is 5.21 Å². The third kappa shape index (κ3) is 4.87. The van der Waals surface area contributed by atoms with Crippen LogP contribution < -0.4 is 10.8 Å². The van der Waals surface area contributed by atoms with Gasteiger partial charge in [-0.2, -0.15) is 13.2 Å². The van der Waals surface area contributed by atoms with Gasteiger partial charge in [0.15, 0.2) is 0 Å². The molecule has 1 amide bonds. The number of hydrogen-bond acceptors (Lipinski definition) is 5. The molecule has 1 aromatic rings. The molecule has 0 bridgehead atoms. The van der Waals surface area contributed by atoms with Crippen LogP contribution in [0.5, 0.6) is 0 Å². The molecule has 0 spiro atoms. The lowest BCUT2D eigenvalue weighted by atomic mass is 9.99. The average molecular weight is 392 g/mol. The number of amidine groups is 1. The number of hydrogen-bond donors (Lipinski definition) is 3. The first kappa shape index (κ1) is 19.8. The van der Waals surface area contributed by atoms with Gasteiger partial charge >= 0.3 is 6.18 Å². The highest BCUT2D eigenvalue weighted by Crippen LogP contribution is 2.33. The highest BCUT2D eigenvalue weighted by atomic mass is 19.4. The summed E-state index contributed by atoms with van der Waals surface area (Å²) in [5, 5.41) is 11.0. The quantitative estimate of drug-likeness (QED) is 0.395. The molecule has 0 saturated heterocycles. The summed E-state index contributed by atoms with van der Waals surface area (Å²) in [5.41, 5.74) is 3.08. The Balaban J connectivity index is 1.81. The van der Waals surface area contributed by atoms with E-state index >= 15 is 0 Å². The van der Waals surface area contributed by atoms with Crippen LogP contribution in [0.3, 0.4) is 0 Å². The predicted molar refractivity (Wildman–Crippen MR) is 97.5 cm³/mol. The Morgan fingerprint density at radius 2 is 2.04 bits per heavy atom. The van der Waals surface area contributed by atoms with Crippen molar-refractivity contribution in [3.63, 3.8) is 0 Å². The van der Waals surface area contributed by atoms with Gasteiger partial charge in [0, 0.05) is 18.8 Å². The van der Waals surface area contributed by atoms with Gasteiger partial charge in [0.2, 0.25) is 0 Å². The van der Waals surface area contributed by atoms with Crippen LogP contribution >= 0.6 is 0 Å². The fourth-order valence-electron chi connectivity index (χ4n) is 3.11. The molecule has 9 heteroatoms. The fourth-order valence-corrected chi connectivity index (χ4v) is 3.11. The highest BCUT2D eigenvalue weighted by molar-refractivity contribution is 5.98. The number of carbonyl (C=O) groups excluding carboxylic acids is 1. The Kier molecular flexibility index (Phi) is 5.96. The minimum absolute atomic E-state index is 0.0995. The number of benzene rings is 1. The summed E-state index contributed by atoms with van der Waals surface area (Å²) in [5.74, 6) is -0.0688. The highest BCUT2D eigenvalue weighted by Gasteiger charge is 2.37. The second-order valence-electron chi connectivity index (χ2n) is 6.33. The van der Waals surface area contributed by atoms with Gasteiger partial charge in [-0.1, -0.05) is 30.3 Å². The molecule has 0 aromatic heterocycles. The van der Waals surface area contributed by atoms with Crippen LogP contribution in [0.1, 0.15) is 11.6 Å². The molecule has 0 fully saturated rings. The van der Waals surface area contributed by atoms with Crippen LogP contribution in [0, 0.1) is 0 Å². The number of nitrogens with zero attached hydrogens (tertiary/aromatic N) is 2. The van der Waals surface area contributed by atoms with Crippen molar-refractivity contribution in [1.82, 2.24) is 15.7 Å². The Morgan fingerprint density at radius 1 is 1.29 bits per heavy atom. The third-order valence-corrected chi connectivity index (χ3v) is 4.34. The number of carbonyl (C=O) groups is 1. The lowest BCUT2D eigenvalue weighted by Gasteiger charge is -2.29. The number of aliphatic imine (C=N–C) groups is 1. The first-order valence-corrected chi connectivity index (χ1v) is 8.58. The second-order valence-corrected chi connectivity index (χ2v) is 6.33. The molecule has 2 atom stereocenters. The van der Waals surface area contributed by atoms with E-state index in [1.54, 1.807) is 18.4 Å². The molecule has 1 aromatic carbocycles. The van der Waals surface area contributed by atoms with Crippen LogP contribution in [0.4, 0.5) is 13.2 Å². The van der Waals surface area contributed by atoms with Gasteiger partial charge in [-0.05, 0) is 29.4 Å². The van der Waals surface area contributed by atoms with Gasteiger partial charge in [-0.15, -0.1) is 0 Å². The smallest absolute Gasteiger partial charge is 0.326 e. The number of fused-ring (bicyclic) bond motifs is 1. The zero-order valence-electron chi connectivity index (χ0n) is 14.7. The van der Waals surface area contributed by atoms with Crippen LogP contribution in [-0.2, 0) is 4.79 Å². The molecule has 6 nitrogen and oxygen atoms in total. The first-order valence-electron chi connectivity index (χ1n) is 8.58. The maximum Gasteiger partial charge on any atom is 0.401 e. The Bertz CT molecular complexity index is 831. The van der Waals surface area contributed by atoms with Crippen LogP contribution in [0.15, 0.2) is 71.4 Å². The topological polar surface area (TPSA) is 77.0 Å². The van der Waals surface area contributed by atoms with Gasteiger partial charge in [0.25, 0.3) is 5.91 Å². The Hall–Kier alpha value is -2.91. The van der Waals surface area contributed by atoms with Crippen LogP contribution in [0.25, 0.3) is 0 Å². The van der Waals surface area contributed by atoms with E-state index in [0.29, 0.717) is 11.4 Å². The van der Waals surface area contributed by atoms with Crippen LogP contribution in [-0.4, -0.2) is 47.2 Å². The second kappa shape index (κ2) is 8.41. The number of alkyl halides is 3. The first-order chi connectivity index (χ1) is 13.4. The van der Waals surface area contributed by atoms with Crippen molar-refractivity contribution in [1.29, 1.82) is 0 Å². The molecule has 2 aliphatic rings. The van der Waals surface area contributed by atoms with E-state index in [0.717, 1.165) is 5.56 Å². The van der Waals surface area contributed by atoms with Crippen molar-refractivity contribution in [2.75, 3.05) is 13.1 Å². The molecule has 3 N–H and O–H groups in total. The number of allylic oxidation sites excluding steroid dienone is 3. The van der Waals surface area contributed by atoms with Crippen molar-refractivity contribution >= 4 is 11.7 Å². The summed E-state index contributed by atoms with van der Waals surface area (Å²) in [6.45, 7) is -0.972. The van der Waals surface area contributed by atoms with Gasteiger partial charge in [-0.25, -0.2) is 5.48 Å². The Morgan fingerprint density at radius 3 is 2.71 bits per heavy atom. The van der Waals surface area contributed by atoms with Crippen LogP contribution in [0.2, 0.25) is 0 Å². The lowest BCUT2D eigenvalue weighted by Crippen LogP contribution is -2.43. The lowest BCUT2D eigenvalue weighted by molar-refractivity contribution is -0.125. The summed E-state index contributed by atoms with van der Waals surface area (Å²) in [7, 11) is 0. The average Bonchev–Trinajstić information content (AvgIpc) is 3.03. The summed E-state index contributed by atoms with van der Waals surface area (Å²) < 4.78 is 37.6. The molecular formula is C19H19F3N4O2. The number of halogens is 3. The maximum atomic E-state index is 12.5. The molecule has 148 valence electrons. The molecule has 0 saturated carbocycles. The molecular weight excluding hydrogens is 373 g/mol. The van der Waals surface area contributed by atoms with Crippen molar-refractivity contribution in [2.24, 2.45) is 4.99 Å². The zero-order chi connectivity index (χ0) is 20.1. The van der Waals surface area contributed by atoms with E-state index in [1.165, 1.54) is 17.6 Å². The van der Waals surface area contributed by atoms with Gasteiger partial charge in [-0.3, -0.25) is 15.0 Å². The largest absolute Gasteiger partial charge is 0.401 e. The molecule has 28 heavy (non-hydrogen) atoms. The SMILES string of the molecule is O=C(/C=C/C1=CC2=NC(c3ccccc3)C(CNCC(F)(F)F)N2C=C1)NO. The van der Waals surface area contributed by atoms with Gasteiger partial charge in [0.1, 0.15) is 5.84 Å².